The highest BCUT2D eigenvalue weighted by atomic mass is 16.5. The number of rotatable bonds is 2. The zero-order valence-corrected chi connectivity index (χ0v) is 6.06. The molecule has 0 bridgehead atoms. The number of carboxylic acid groups (broad SMARTS) is 1. The molecule has 2 rings (SSSR count). The van der Waals surface area contributed by atoms with Crippen molar-refractivity contribution in [2.75, 3.05) is 13.2 Å². The third kappa shape index (κ3) is 0.937. The van der Waals surface area contributed by atoms with Crippen molar-refractivity contribution in [1.29, 1.82) is 0 Å². The van der Waals surface area contributed by atoms with Crippen LogP contribution >= 0.6 is 0 Å². The predicted octanol–water partition coefficient (Wildman–Crippen LogP) is -0.709. The molecule has 1 aliphatic heterocycles. The van der Waals surface area contributed by atoms with Gasteiger partial charge >= 0.3 is 5.97 Å². The van der Waals surface area contributed by atoms with E-state index in [1.54, 1.807) is 0 Å². The largest absolute Gasteiger partial charge is 0.480 e. The summed E-state index contributed by atoms with van der Waals surface area (Å²) in [7, 11) is 0. The van der Waals surface area contributed by atoms with Crippen LogP contribution < -0.4 is 5.73 Å². The van der Waals surface area contributed by atoms with Crippen molar-refractivity contribution in [3.63, 3.8) is 0 Å². The molecule has 0 amide bonds. The van der Waals surface area contributed by atoms with Crippen molar-refractivity contribution in [3.05, 3.63) is 0 Å². The van der Waals surface area contributed by atoms with Crippen LogP contribution in [-0.2, 0) is 9.53 Å². The highest BCUT2D eigenvalue weighted by molar-refractivity contribution is 5.74. The molecule has 1 saturated carbocycles. The molecule has 0 spiro atoms. The molecule has 2 aliphatic rings. The van der Waals surface area contributed by atoms with Crippen LogP contribution in [0.5, 0.6) is 0 Å². The molecule has 3 atom stereocenters. The summed E-state index contributed by atoms with van der Waals surface area (Å²) in [6.45, 7) is 1.41. The van der Waals surface area contributed by atoms with E-state index in [4.69, 9.17) is 15.6 Å². The summed E-state index contributed by atoms with van der Waals surface area (Å²) in [5.41, 5.74) is 5.46. The Balaban J connectivity index is 1.95. The average molecular weight is 157 g/mol. The summed E-state index contributed by atoms with van der Waals surface area (Å²) in [6.07, 6.45) is 0. The van der Waals surface area contributed by atoms with E-state index in [1.165, 1.54) is 0 Å². The van der Waals surface area contributed by atoms with Gasteiger partial charge < -0.3 is 15.6 Å². The van der Waals surface area contributed by atoms with Crippen molar-refractivity contribution >= 4 is 5.97 Å². The van der Waals surface area contributed by atoms with Gasteiger partial charge in [-0.1, -0.05) is 0 Å². The molecule has 0 aromatic rings. The SMILES string of the molecule is N[C@H](C(=O)O)C1[C@@H]2COC[C@@H]12. The van der Waals surface area contributed by atoms with Gasteiger partial charge in [0.25, 0.3) is 0 Å². The second kappa shape index (κ2) is 2.19. The van der Waals surface area contributed by atoms with Crippen molar-refractivity contribution in [1.82, 2.24) is 0 Å². The van der Waals surface area contributed by atoms with Crippen LogP contribution in [0.3, 0.4) is 0 Å². The van der Waals surface area contributed by atoms with Crippen molar-refractivity contribution in [3.8, 4) is 0 Å². The Labute approximate surface area is 64.3 Å². The number of carboxylic acids is 1. The fourth-order valence-corrected chi connectivity index (χ4v) is 1.98. The van der Waals surface area contributed by atoms with Gasteiger partial charge in [0.1, 0.15) is 6.04 Å². The molecule has 2 fully saturated rings. The van der Waals surface area contributed by atoms with Crippen LogP contribution in [0.1, 0.15) is 0 Å². The Bertz CT molecular complexity index is 184. The minimum atomic E-state index is -0.885. The molecule has 0 aromatic heterocycles. The highest BCUT2D eigenvalue weighted by Gasteiger charge is 2.58. The maximum absolute atomic E-state index is 10.4. The van der Waals surface area contributed by atoms with Gasteiger partial charge in [-0.15, -0.1) is 0 Å². The molecule has 4 heteroatoms. The third-order valence-corrected chi connectivity index (χ3v) is 2.72. The van der Waals surface area contributed by atoms with Crippen LogP contribution in [0.15, 0.2) is 0 Å². The molecular formula is C7H11NO3. The number of carbonyl (C=O) groups is 1. The molecule has 1 saturated heterocycles. The first-order chi connectivity index (χ1) is 5.22. The Kier molecular flexibility index (Phi) is 1.40. The summed E-state index contributed by atoms with van der Waals surface area (Å²) >= 11 is 0. The van der Waals surface area contributed by atoms with Crippen LogP contribution in [0, 0.1) is 17.8 Å². The van der Waals surface area contributed by atoms with Crippen molar-refractivity contribution in [2.24, 2.45) is 23.5 Å². The van der Waals surface area contributed by atoms with Crippen molar-refractivity contribution < 1.29 is 14.6 Å². The van der Waals surface area contributed by atoms with E-state index in [9.17, 15) is 4.79 Å². The first-order valence-electron chi connectivity index (χ1n) is 3.78. The molecule has 11 heavy (non-hydrogen) atoms. The zero-order valence-electron chi connectivity index (χ0n) is 6.06. The minimum absolute atomic E-state index is 0.182. The van der Waals surface area contributed by atoms with E-state index in [1.807, 2.05) is 0 Å². The van der Waals surface area contributed by atoms with E-state index in [2.05, 4.69) is 0 Å². The van der Waals surface area contributed by atoms with E-state index in [0.717, 1.165) is 0 Å². The maximum Gasteiger partial charge on any atom is 0.320 e. The van der Waals surface area contributed by atoms with E-state index >= 15 is 0 Å². The minimum Gasteiger partial charge on any atom is -0.480 e. The number of nitrogens with two attached hydrogens (primary N) is 1. The van der Waals surface area contributed by atoms with Crippen molar-refractivity contribution in [2.45, 2.75) is 6.04 Å². The monoisotopic (exact) mass is 157 g/mol. The molecule has 1 heterocycles. The summed E-state index contributed by atoms with van der Waals surface area (Å²) in [5.74, 6) is 0.160. The molecule has 62 valence electrons. The molecular weight excluding hydrogens is 146 g/mol. The lowest BCUT2D eigenvalue weighted by Gasteiger charge is -2.07. The van der Waals surface area contributed by atoms with Gasteiger partial charge in [-0.2, -0.15) is 0 Å². The van der Waals surface area contributed by atoms with E-state index < -0.39 is 12.0 Å². The van der Waals surface area contributed by atoms with Gasteiger partial charge in [-0.3, -0.25) is 4.79 Å². The predicted molar refractivity (Wildman–Crippen MR) is 36.9 cm³/mol. The first-order valence-corrected chi connectivity index (χ1v) is 3.78. The number of aliphatic carboxylic acids is 1. The summed E-state index contributed by atoms with van der Waals surface area (Å²) < 4.78 is 5.12. The molecule has 0 unspecified atom stereocenters. The summed E-state index contributed by atoms with van der Waals surface area (Å²) in [6, 6.07) is -0.672. The van der Waals surface area contributed by atoms with Crippen LogP contribution in [0.4, 0.5) is 0 Å². The van der Waals surface area contributed by atoms with Gasteiger partial charge in [0.2, 0.25) is 0 Å². The average Bonchev–Trinajstić information content (AvgIpc) is 2.41. The zero-order chi connectivity index (χ0) is 8.01. The van der Waals surface area contributed by atoms with Gasteiger partial charge in [-0.05, 0) is 17.8 Å². The molecule has 0 aromatic carbocycles. The topological polar surface area (TPSA) is 72.6 Å². The summed E-state index contributed by atoms with van der Waals surface area (Å²) in [5, 5.41) is 8.58. The van der Waals surface area contributed by atoms with Crippen LogP contribution in [0.2, 0.25) is 0 Å². The van der Waals surface area contributed by atoms with Gasteiger partial charge in [0, 0.05) is 0 Å². The maximum atomic E-state index is 10.4. The van der Waals surface area contributed by atoms with Gasteiger partial charge in [-0.25, -0.2) is 0 Å². The standard InChI is InChI=1S/C7H11NO3/c8-6(7(9)10)5-3-1-11-2-4(3)5/h3-6H,1-2,8H2,(H,9,10)/t3-,4-,6+/m1/s1. The third-order valence-electron chi connectivity index (χ3n) is 2.72. The van der Waals surface area contributed by atoms with E-state index in [0.29, 0.717) is 25.0 Å². The molecule has 3 N–H and O–H groups in total. The molecule has 0 radical (unpaired) electrons. The summed E-state index contributed by atoms with van der Waals surface area (Å²) in [4.78, 5) is 10.4. The Morgan fingerprint density at radius 1 is 1.55 bits per heavy atom. The highest BCUT2D eigenvalue weighted by Crippen LogP contribution is 2.52. The van der Waals surface area contributed by atoms with E-state index in [-0.39, 0.29) is 5.92 Å². The van der Waals surface area contributed by atoms with Gasteiger partial charge in [0.15, 0.2) is 0 Å². The van der Waals surface area contributed by atoms with Gasteiger partial charge in [0.05, 0.1) is 13.2 Å². The lowest BCUT2D eigenvalue weighted by Crippen LogP contribution is -2.34. The second-order valence-electron chi connectivity index (χ2n) is 3.31. The number of hydrogen-bond acceptors (Lipinski definition) is 3. The lowest BCUT2D eigenvalue weighted by molar-refractivity contribution is -0.139. The smallest absolute Gasteiger partial charge is 0.320 e. The second-order valence-corrected chi connectivity index (χ2v) is 3.31. The molecule has 4 nitrogen and oxygen atoms in total. The number of fused-ring (bicyclic) bond motifs is 1. The van der Waals surface area contributed by atoms with Crippen LogP contribution in [0.25, 0.3) is 0 Å². The number of ether oxygens (including phenoxy) is 1. The Morgan fingerprint density at radius 3 is 2.55 bits per heavy atom. The Morgan fingerprint density at radius 2 is 2.09 bits per heavy atom. The first kappa shape index (κ1) is 7.06. The quantitative estimate of drug-likeness (QED) is 0.555. The fourth-order valence-electron chi connectivity index (χ4n) is 1.98. The normalized spacial score (nSPS) is 43.2. The van der Waals surface area contributed by atoms with Crippen LogP contribution in [-0.4, -0.2) is 30.3 Å². The Hall–Kier alpha value is -0.610. The lowest BCUT2D eigenvalue weighted by atomic mass is 10.1. The number of hydrogen-bond donors (Lipinski definition) is 2. The molecule has 1 aliphatic carbocycles. The fraction of sp³-hybridized carbons (Fsp3) is 0.857.